The highest BCUT2D eigenvalue weighted by atomic mass is 35.5. The average molecular weight is 321 g/mol. The van der Waals surface area contributed by atoms with Gasteiger partial charge in [-0.1, -0.05) is 0 Å². The number of carbonyl (C=O) groups excluding carboxylic acids is 1. The number of nitrogens with zero attached hydrogens (tertiary/aromatic N) is 2. The van der Waals surface area contributed by atoms with Gasteiger partial charge in [-0.05, 0) is 38.4 Å². The Labute approximate surface area is 125 Å². The molecule has 2 saturated carbocycles. The molecule has 19 heavy (non-hydrogen) atoms. The Hall–Kier alpha value is -0.590. The van der Waals surface area contributed by atoms with Crippen molar-refractivity contribution in [2.75, 3.05) is 0 Å². The first-order chi connectivity index (χ1) is 8.85. The normalized spacial score (nSPS) is 28.2. The molecule has 8 heteroatoms. The van der Waals surface area contributed by atoms with Gasteiger partial charge in [0.2, 0.25) is 5.91 Å². The van der Waals surface area contributed by atoms with Gasteiger partial charge < -0.3 is 5.32 Å². The number of aromatic nitrogens is 3. The molecule has 3 rings (SSSR count). The topological polar surface area (TPSA) is 62.7 Å². The van der Waals surface area contributed by atoms with Crippen molar-refractivity contribution in [3.63, 3.8) is 0 Å². The van der Waals surface area contributed by atoms with E-state index in [1.165, 1.54) is 0 Å². The van der Waals surface area contributed by atoms with Crippen LogP contribution in [0.3, 0.4) is 0 Å². The Morgan fingerprint density at radius 1 is 1.63 bits per heavy atom. The molecule has 1 aromatic rings. The molecule has 1 heterocycles. The first-order valence-corrected chi connectivity index (χ1v) is 7.33. The summed E-state index contributed by atoms with van der Waals surface area (Å²) in [7, 11) is 0. The number of aromatic amines is 1. The van der Waals surface area contributed by atoms with Crippen LogP contribution >= 0.6 is 35.4 Å². The van der Waals surface area contributed by atoms with Crippen molar-refractivity contribution >= 4 is 41.3 Å². The van der Waals surface area contributed by atoms with Gasteiger partial charge in [-0.25, -0.2) is 0 Å². The number of halogens is 2. The van der Waals surface area contributed by atoms with Crippen molar-refractivity contribution in [1.29, 1.82) is 0 Å². The summed E-state index contributed by atoms with van der Waals surface area (Å²) in [5, 5.41) is 9.75. The van der Waals surface area contributed by atoms with E-state index >= 15 is 0 Å². The first kappa shape index (κ1) is 13.4. The van der Waals surface area contributed by atoms with Crippen molar-refractivity contribution < 1.29 is 4.79 Å². The maximum absolute atomic E-state index is 12.1. The lowest BCUT2D eigenvalue weighted by Gasteiger charge is -2.12. The predicted molar refractivity (Wildman–Crippen MR) is 74.7 cm³/mol. The standard InChI is InChI=1S/C11H14Cl2N4OS/c1-10(5-11(10,12)13)8(18)14-4-7-15-16-9(19)17(7)6-2-3-6/h6H,2-5H2,1H3,(H,14,18)(H,16,19)/t10-/m1/s1. The van der Waals surface area contributed by atoms with Gasteiger partial charge in [-0.2, -0.15) is 5.10 Å². The minimum absolute atomic E-state index is 0.145. The SMILES string of the molecule is C[C@]1(C(=O)NCc2n[nH]c(=S)n2C2CC2)CC1(Cl)Cl. The molecule has 104 valence electrons. The van der Waals surface area contributed by atoms with Crippen LogP contribution < -0.4 is 5.32 Å². The third-order valence-electron chi connectivity index (χ3n) is 3.86. The number of rotatable bonds is 4. The Bertz CT molecular complexity index is 592. The second kappa shape index (κ2) is 4.20. The minimum atomic E-state index is -0.946. The van der Waals surface area contributed by atoms with Crippen LogP contribution in [0.5, 0.6) is 0 Å². The molecule has 0 unspecified atom stereocenters. The van der Waals surface area contributed by atoms with Gasteiger partial charge in [0.05, 0.1) is 12.0 Å². The minimum Gasteiger partial charge on any atom is -0.348 e. The molecule has 1 amide bonds. The highest BCUT2D eigenvalue weighted by Crippen LogP contribution is 2.63. The van der Waals surface area contributed by atoms with Gasteiger partial charge in [0.1, 0.15) is 4.33 Å². The maximum Gasteiger partial charge on any atom is 0.229 e. The van der Waals surface area contributed by atoms with Gasteiger partial charge in [0, 0.05) is 6.04 Å². The summed E-state index contributed by atoms with van der Waals surface area (Å²) in [4.78, 5) is 12.1. The summed E-state index contributed by atoms with van der Waals surface area (Å²) in [6.07, 6.45) is 2.70. The number of alkyl halides is 2. The van der Waals surface area contributed by atoms with Crippen molar-refractivity contribution in [2.24, 2.45) is 5.41 Å². The quantitative estimate of drug-likeness (QED) is 0.661. The lowest BCUT2D eigenvalue weighted by atomic mass is 10.1. The molecule has 2 N–H and O–H groups in total. The van der Waals surface area contributed by atoms with E-state index in [-0.39, 0.29) is 5.91 Å². The Morgan fingerprint density at radius 3 is 2.79 bits per heavy atom. The van der Waals surface area contributed by atoms with Crippen LogP contribution in [0.1, 0.15) is 38.1 Å². The van der Waals surface area contributed by atoms with Crippen LogP contribution in [-0.4, -0.2) is 25.0 Å². The molecule has 1 atom stereocenters. The van der Waals surface area contributed by atoms with Crippen LogP contribution in [0.25, 0.3) is 0 Å². The number of carbonyl (C=O) groups is 1. The molecular formula is C11H14Cl2N4OS. The molecule has 0 bridgehead atoms. The first-order valence-electron chi connectivity index (χ1n) is 6.17. The highest BCUT2D eigenvalue weighted by Gasteiger charge is 2.67. The third-order valence-corrected chi connectivity index (χ3v) is 5.25. The summed E-state index contributed by atoms with van der Waals surface area (Å²) in [6, 6.07) is 0.426. The van der Waals surface area contributed by atoms with Crippen molar-refractivity contribution in [3.05, 3.63) is 10.6 Å². The zero-order valence-corrected chi connectivity index (χ0v) is 12.7. The molecular weight excluding hydrogens is 307 g/mol. The number of hydrogen-bond donors (Lipinski definition) is 2. The molecule has 5 nitrogen and oxygen atoms in total. The van der Waals surface area contributed by atoms with Crippen LogP contribution in [0.15, 0.2) is 0 Å². The highest BCUT2D eigenvalue weighted by molar-refractivity contribution is 7.71. The molecule has 0 aromatic carbocycles. The smallest absolute Gasteiger partial charge is 0.229 e. The molecule has 2 aliphatic rings. The van der Waals surface area contributed by atoms with Crippen molar-refractivity contribution in [2.45, 2.75) is 43.1 Å². The second-order valence-electron chi connectivity index (χ2n) is 5.44. The number of nitrogens with one attached hydrogen (secondary N) is 2. The van der Waals surface area contributed by atoms with E-state index in [9.17, 15) is 4.79 Å². The van der Waals surface area contributed by atoms with Gasteiger partial charge in [-0.3, -0.25) is 14.5 Å². The molecule has 1 aromatic heterocycles. The van der Waals surface area contributed by atoms with E-state index in [4.69, 9.17) is 35.4 Å². The lowest BCUT2D eigenvalue weighted by molar-refractivity contribution is -0.126. The van der Waals surface area contributed by atoms with Gasteiger partial charge in [0.25, 0.3) is 0 Å². The van der Waals surface area contributed by atoms with E-state index in [1.807, 2.05) is 4.57 Å². The number of hydrogen-bond acceptors (Lipinski definition) is 3. The average Bonchev–Trinajstić information content (AvgIpc) is 3.20. The Balaban J connectivity index is 1.67. The summed E-state index contributed by atoms with van der Waals surface area (Å²) in [5.41, 5.74) is -0.701. The summed E-state index contributed by atoms with van der Waals surface area (Å²) in [6.45, 7) is 2.10. The van der Waals surface area contributed by atoms with E-state index in [0.29, 0.717) is 23.8 Å². The maximum atomic E-state index is 12.1. The second-order valence-corrected chi connectivity index (χ2v) is 7.31. The fraction of sp³-hybridized carbons (Fsp3) is 0.727. The molecule has 2 fully saturated rings. The summed E-state index contributed by atoms with van der Waals surface area (Å²) in [5.74, 6) is 0.605. The van der Waals surface area contributed by atoms with Gasteiger partial charge in [-0.15, -0.1) is 23.2 Å². The van der Waals surface area contributed by atoms with Crippen LogP contribution in [0.2, 0.25) is 0 Å². The van der Waals surface area contributed by atoms with Crippen molar-refractivity contribution in [3.8, 4) is 0 Å². The predicted octanol–water partition coefficient (Wildman–Crippen LogP) is 2.48. The Kier molecular flexibility index (Phi) is 2.96. The van der Waals surface area contributed by atoms with Crippen LogP contribution in [-0.2, 0) is 11.3 Å². The molecule has 2 aliphatic carbocycles. The molecule has 0 aliphatic heterocycles. The molecule has 0 spiro atoms. The van der Waals surface area contributed by atoms with E-state index < -0.39 is 9.75 Å². The Morgan fingerprint density at radius 2 is 2.26 bits per heavy atom. The van der Waals surface area contributed by atoms with Gasteiger partial charge >= 0.3 is 0 Å². The van der Waals surface area contributed by atoms with Crippen LogP contribution in [0.4, 0.5) is 0 Å². The largest absolute Gasteiger partial charge is 0.348 e. The monoisotopic (exact) mass is 320 g/mol. The van der Waals surface area contributed by atoms with Gasteiger partial charge in [0.15, 0.2) is 10.6 Å². The molecule has 0 radical (unpaired) electrons. The van der Waals surface area contributed by atoms with E-state index in [1.54, 1.807) is 6.92 Å². The fourth-order valence-electron chi connectivity index (χ4n) is 2.17. The zero-order valence-electron chi connectivity index (χ0n) is 10.4. The third kappa shape index (κ3) is 2.19. The summed E-state index contributed by atoms with van der Waals surface area (Å²) >= 11 is 17.1. The summed E-state index contributed by atoms with van der Waals surface area (Å²) < 4.78 is 1.63. The lowest BCUT2D eigenvalue weighted by Crippen LogP contribution is -2.33. The zero-order chi connectivity index (χ0) is 13.8. The fourth-order valence-corrected chi connectivity index (χ4v) is 3.18. The van der Waals surface area contributed by atoms with E-state index in [2.05, 4.69) is 15.5 Å². The number of amides is 1. The number of H-pyrrole nitrogens is 1. The van der Waals surface area contributed by atoms with Crippen LogP contribution in [0, 0.1) is 10.2 Å². The molecule has 0 saturated heterocycles. The van der Waals surface area contributed by atoms with Crippen molar-refractivity contribution in [1.82, 2.24) is 20.1 Å². The van der Waals surface area contributed by atoms with E-state index in [0.717, 1.165) is 18.7 Å².